The van der Waals surface area contributed by atoms with Crippen molar-refractivity contribution >= 4 is 34.7 Å². The fourth-order valence-electron chi connectivity index (χ4n) is 1.74. The predicted octanol–water partition coefficient (Wildman–Crippen LogP) is 2.52. The highest BCUT2D eigenvalue weighted by molar-refractivity contribution is 8.18. The van der Waals surface area contributed by atoms with Crippen molar-refractivity contribution in [3.63, 3.8) is 0 Å². The Morgan fingerprint density at radius 2 is 2.14 bits per heavy atom. The van der Waals surface area contributed by atoms with Gasteiger partial charge in [0.2, 0.25) is 5.75 Å². The summed E-state index contributed by atoms with van der Waals surface area (Å²) in [6.07, 6.45) is 2.68. The fourth-order valence-corrected chi connectivity index (χ4v) is 2.58. The van der Waals surface area contributed by atoms with Crippen molar-refractivity contribution in [3.05, 3.63) is 51.4 Å². The topological polar surface area (TPSA) is 101 Å². The maximum Gasteiger partial charge on any atom is 0.311 e. The minimum absolute atomic E-state index is 0.0862. The molecule has 1 fully saturated rings. The first-order chi connectivity index (χ1) is 9.95. The summed E-state index contributed by atoms with van der Waals surface area (Å²) in [6.45, 7) is 3.54. The molecule has 0 aromatic heterocycles. The van der Waals surface area contributed by atoms with Crippen LogP contribution in [-0.2, 0) is 4.79 Å². The molecule has 0 unspecified atom stereocenters. The molecule has 21 heavy (non-hydrogen) atoms. The van der Waals surface area contributed by atoms with Crippen LogP contribution in [-0.4, -0.2) is 32.6 Å². The highest BCUT2D eigenvalue weighted by atomic mass is 32.2. The Labute approximate surface area is 123 Å². The van der Waals surface area contributed by atoms with E-state index in [1.54, 1.807) is 0 Å². The molecule has 1 aliphatic heterocycles. The van der Waals surface area contributed by atoms with Crippen LogP contribution in [0.25, 0.3) is 6.08 Å². The number of hydrogen-bond acceptors (Lipinski definition) is 6. The van der Waals surface area contributed by atoms with E-state index >= 15 is 0 Å². The van der Waals surface area contributed by atoms with E-state index in [1.807, 2.05) is 0 Å². The zero-order valence-electron chi connectivity index (χ0n) is 10.7. The molecule has 2 rings (SSSR count). The number of nitro groups is 1. The maximum atomic E-state index is 12.0. The van der Waals surface area contributed by atoms with Gasteiger partial charge in [-0.2, -0.15) is 0 Å². The van der Waals surface area contributed by atoms with Gasteiger partial charge in [-0.05, 0) is 17.8 Å². The van der Waals surface area contributed by atoms with Gasteiger partial charge in [-0.15, -0.1) is 6.58 Å². The third-order valence-corrected chi connectivity index (χ3v) is 3.62. The van der Waals surface area contributed by atoms with Crippen LogP contribution in [0.2, 0.25) is 0 Å². The van der Waals surface area contributed by atoms with Gasteiger partial charge >= 0.3 is 5.69 Å². The Bertz CT molecular complexity index is 683. The predicted molar refractivity (Wildman–Crippen MR) is 77.6 cm³/mol. The van der Waals surface area contributed by atoms with E-state index in [2.05, 4.69) is 6.58 Å². The molecule has 2 amide bonds. The van der Waals surface area contributed by atoms with Crippen molar-refractivity contribution in [1.82, 2.24) is 4.90 Å². The number of nitro benzene ring substituents is 1. The quantitative estimate of drug-likeness (QED) is 0.397. The number of carbonyl (C=O) groups is 2. The number of phenolic OH excluding ortho intramolecular Hbond substituents is 1. The van der Waals surface area contributed by atoms with E-state index < -0.39 is 27.5 Å². The van der Waals surface area contributed by atoms with Crippen LogP contribution in [0.15, 0.2) is 35.8 Å². The molecule has 1 aromatic rings. The zero-order valence-corrected chi connectivity index (χ0v) is 11.5. The standard InChI is InChI=1S/C13H10N2O5S/c1-2-6-14-12(17)10(21-13(14)18)7-8-4-3-5-9(11(8)16)15(19)20/h2-5,7,16H,1,6H2/b10-7+. The Balaban J connectivity index is 2.39. The number of nitrogens with zero attached hydrogens (tertiary/aromatic N) is 2. The summed E-state index contributed by atoms with van der Waals surface area (Å²) in [4.78, 5) is 34.7. The number of para-hydroxylation sites is 1. The van der Waals surface area contributed by atoms with Crippen molar-refractivity contribution < 1.29 is 19.6 Å². The van der Waals surface area contributed by atoms with Crippen LogP contribution in [0.4, 0.5) is 10.5 Å². The average molecular weight is 306 g/mol. The lowest BCUT2D eigenvalue weighted by atomic mass is 10.1. The van der Waals surface area contributed by atoms with Crippen LogP contribution >= 0.6 is 11.8 Å². The summed E-state index contributed by atoms with van der Waals surface area (Å²) in [6, 6.07) is 3.96. The zero-order chi connectivity index (χ0) is 15.6. The van der Waals surface area contributed by atoms with Gasteiger partial charge in [-0.1, -0.05) is 18.2 Å². The van der Waals surface area contributed by atoms with E-state index in [-0.39, 0.29) is 17.0 Å². The third-order valence-electron chi connectivity index (χ3n) is 2.71. The second-order valence-electron chi connectivity index (χ2n) is 4.05. The van der Waals surface area contributed by atoms with Gasteiger partial charge in [-0.3, -0.25) is 24.6 Å². The number of rotatable bonds is 4. The molecule has 0 radical (unpaired) electrons. The fraction of sp³-hybridized carbons (Fsp3) is 0.0769. The molecule has 1 aromatic carbocycles. The summed E-state index contributed by atoms with van der Waals surface area (Å²) in [5, 5.41) is 20.1. The van der Waals surface area contributed by atoms with Crippen molar-refractivity contribution in [1.29, 1.82) is 0 Å². The molecule has 1 saturated heterocycles. The molecule has 0 atom stereocenters. The second-order valence-corrected chi connectivity index (χ2v) is 5.05. The van der Waals surface area contributed by atoms with E-state index in [0.717, 1.165) is 11.0 Å². The first-order valence-corrected chi connectivity index (χ1v) is 6.60. The van der Waals surface area contributed by atoms with E-state index in [0.29, 0.717) is 11.8 Å². The summed E-state index contributed by atoms with van der Waals surface area (Å²) >= 11 is 0.709. The molecular formula is C13H10N2O5S. The molecular weight excluding hydrogens is 296 g/mol. The van der Waals surface area contributed by atoms with Crippen molar-refractivity contribution in [2.45, 2.75) is 0 Å². The smallest absolute Gasteiger partial charge is 0.311 e. The van der Waals surface area contributed by atoms with Crippen LogP contribution < -0.4 is 0 Å². The van der Waals surface area contributed by atoms with Gasteiger partial charge in [0.05, 0.1) is 9.83 Å². The Morgan fingerprint density at radius 1 is 1.43 bits per heavy atom. The summed E-state index contributed by atoms with van der Waals surface area (Å²) < 4.78 is 0. The number of imide groups is 1. The van der Waals surface area contributed by atoms with Gasteiger partial charge in [-0.25, -0.2) is 0 Å². The monoisotopic (exact) mass is 306 g/mol. The van der Waals surface area contributed by atoms with Crippen LogP contribution in [0.5, 0.6) is 5.75 Å². The Hall–Kier alpha value is -2.61. The summed E-state index contributed by atoms with van der Waals surface area (Å²) in [5.74, 6) is -1.06. The number of phenols is 1. The van der Waals surface area contributed by atoms with Crippen molar-refractivity contribution in [2.75, 3.05) is 6.54 Å². The van der Waals surface area contributed by atoms with Crippen LogP contribution in [0.3, 0.4) is 0 Å². The second kappa shape index (κ2) is 5.80. The summed E-state index contributed by atoms with van der Waals surface area (Å²) in [7, 11) is 0. The first-order valence-electron chi connectivity index (χ1n) is 5.78. The molecule has 108 valence electrons. The number of carbonyl (C=O) groups excluding carboxylic acids is 2. The molecule has 0 saturated carbocycles. The van der Waals surface area contributed by atoms with E-state index in [1.165, 1.54) is 24.3 Å². The number of hydrogen-bond donors (Lipinski definition) is 1. The molecule has 0 aliphatic carbocycles. The minimum atomic E-state index is -0.726. The lowest BCUT2D eigenvalue weighted by molar-refractivity contribution is -0.385. The number of thioether (sulfide) groups is 1. The van der Waals surface area contributed by atoms with Gasteiger partial charge in [0.15, 0.2) is 0 Å². The lowest BCUT2D eigenvalue weighted by Crippen LogP contribution is -2.27. The number of aromatic hydroxyl groups is 1. The average Bonchev–Trinajstić information content (AvgIpc) is 2.69. The first kappa shape index (κ1) is 14.8. The molecule has 8 heteroatoms. The molecule has 1 N–H and O–H groups in total. The minimum Gasteiger partial charge on any atom is -0.502 e. The Morgan fingerprint density at radius 3 is 2.76 bits per heavy atom. The van der Waals surface area contributed by atoms with Crippen molar-refractivity contribution in [3.8, 4) is 5.75 Å². The largest absolute Gasteiger partial charge is 0.502 e. The summed E-state index contributed by atoms with van der Waals surface area (Å²) in [5.41, 5.74) is -0.359. The van der Waals surface area contributed by atoms with Gasteiger partial charge in [0, 0.05) is 18.2 Å². The molecule has 1 heterocycles. The van der Waals surface area contributed by atoms with Gasteiger partial charge in [0.25, 0.3) is 11.1 Å². The van der Waals surface area contributed by atoms with Gasteiger partial charge < -0.3 is 5.11 Å². The third kappa shape index (κ3) is 2.79. The molecule has 0 bridgehead atoms. The Kier molecular flexibility index (Phi) is 4.08. The van der Waals surface area contributed by atoms with Crippen molar-refractivity contribution in [2.24, 2.45) is 0 Å². The molecule has 7 nitrogen and oxygen atoms in total. The van der Waals surface area contributed by atoms with Crippen LogP contribution in [0, 0.1) is 10.1 Å². The number of benzene rings is 1. The highest BCUT2D eigenvalue weighted by Crippen LogP contribution is 2.36. The molecule has 1 aliphatic rings. The van der Waals surface area contributed by atoms with Gasteiger partial charge in [0.1, 0.15) is 0 Å². The normalized spacial score (nSPS) is 16.6. The number of amides is 2. The van der Waals surface area contributed by atoms with E-state index in [9.17, 15) is 24.8 Å². The van der Waals surface area contributed by atoms with Crippen LogP contribution in [0.1, 0.15) is 5.56 Å². The van der Waals surface area contributed by atoms with E-state index in [4.69, 9.17) is 0 Å². The highest BCUT2D eigenvalue weighted by Gasteiger charge is 2.34. The lowest BCUT2D eigenvalue weighted by Gasteiger charge is -2.07. The maximum absolute atomic E-state index is 12.0. The molecule has 0 spiro atoms. The SMILES string of the molecule is C=CCN1C(=O)S/C(=C/c2cccc([N+](=O)[O-])c2O)C1=O.